The predicted octanol–water partition coefficient (Wildman–Crippen LogP) is 2.94. The van der Waals surface area contributed by atoms with E-state index in [1.165, 1.54) is 0 Å². The molecule has 0 heterocycles. The van der Waals surface area contributed by atoms with Gasteiger partial charge in [0.2, 0.25) is 0 Å². The van der Waals surface area contributed by atoms with Crippen molar-refractivity contribution >= 4 is 5.97 Å². The molecule has 5 heteroatoms. The maximum atomic E-state index is 12.0. The van der Waals surface area contributed by atoms with Gasteiger partial charge >= 0.3 is 5.97 Å². The zero-order valence-electron chi connectivity index (χ0n) is 14.8. The van der Waals surface area contributed by atoms with Gasteiger partial charge in [0.15, 0.2) is 0 Å². The lowest BCUT2D eigenvalue weighted by molar-refractivity contribution is -0.153. The molecule has 0 bridgehead atoms. The molecule has 22 heavy (non-hydrogen) atoms. The number of hydrogen-bond donors (Lipinski definition) is 1. The van der Waals surface area contributed by atoms with Crippen LogP contribution >= 0.6 is 0 Å². The van der Waals surface area contributed by atoms with Crippen LogP contribution in [0.4, 0.5) is 0 Å². The Morgan fingerprint density at radius 1 is 1.00 bits per heavy atom. The van der Waals surface area contributed by atoms with Crippen LogP contribution in [0, 0.1) is 5.92 Å². The van der Waals surface area contributed by atoms with Crippen molar-refractivity contribution in [2.75, 3.05) is 19.8 Å². The Morgan fingerprint density at radius 2 is 1.59 bits per heavy atom. The molecule has 5 nitrogen and oxygen atoms in total. The third-order valence-corrected chi connectivity index (χ3v) is 3.43. The number of ether oxygens (including phenoxy) is 3. The van der Waals surface area contributed by atoms with E-state index in [0.29, 0.717) is 13.2 Å². The van der Waals surface area contributed by atoms with Gasteiger partial charge in [0.1, 0.15) is 6.61 Å². The van der Waals surface area contributed by atoms with E-state index < -0.39 is 6.10 Å². The maximum absolute atomic E-state index is 12.0. The molecule has 0 aromatic heterocycles. The molecular weight excluding hydrogens is 284 g/mol. The van der Waals surface area contributed by atoms with Crippen molar-refractivity contribution in [1.29, 1.82) is 0 Å². The van der Waals surface area contributed by atoms with Crippen LogP contribution < -0.4 is 0 Å². The largest absolute Gasteiger partial charge is 0.463 e. The lowest BCUT2D eigenvalue weighted by Crippen LogP contribution is -2.27. The van der Waals surface area contributed by atoms with E-state index in [0.717, 1.165) is 25.7 Å². The van der Waals surface area contributed by atoms with Crippen molar-refractivity contribution in [1.82, 2.24) is 0 Å². The molecule has 4 unspecified atom stereocenters. The monoisotopic (exact) mass is 318 g/mol. The van der Waals surface area contributed by atoms with Crippen molar-refractivity contribution < 1.29 is 24.1 Å². The molecule has 0 fully saturated rings. The van der Waals surface area contributed by atoms with Gasteiger partial charge in [-0.3, -0.25) is 4.79 Å². The molecule has 1 N–H and O–H groups in total. The molecule has 0 rings (SSSR count). The zero-order valence-corrected chi connectivity index (χ0v) is 14.8. The van der Waals surface area contributed by atoms with Crippen molar-refractivity contribution in [2.45, 2.75) is 78.6 Å². The summed E-state index contributed by atoms with van der Waals surface area (Å²) >= 11 is 0. The van der Waals surface area contributed by atoms with Gasteiger partial charge in [-0.05, 0) is 33.6 Å². The third-order valence-electron chi connectivity index (χ3n) is 3.43. The number of esters is 1. The summed E-state index contributed by atoms with van der Waals surface area (Å²) in [5, 5.41) is 9.14. The Balaban J connectivity index is 3.87. The highest BCUT2D eigenvalue weighted by atomic mass is 16.6. The van der Waals surface area contributed by atoms with Crippen molar-refractivity contribution in [3.63, 3.8) is 0 Å². The fourth-order valence-electron chi connectivity index (χ4n) is 1.96. The fraction of sp³-hybridized carbons (Fsp3) is 0.941. The third kappa shape index (κ3) is 11.0. The highest BCUT2D eigenvalue weighted by Gasteiger charge is 2.18. The van der Waals surface area contributed by atoms with Crippen molar-refractivity contribution in [2.24, 2.45) is 5.92 Å². The quantitative estimate of drug-likeness (QED) is 0.529. The summed E-state index contributed by atoms with van der Waals surface area (Å²) in [6.45, 7) is 10.6. The van der Waals surface area contributed by atoms with E-state index >= 15 is 0 Å². The van der Waals surface area contributed by atoms with Crippen LogP contribution in [0.5, 0.6) is 0 Å². The number of carbonyl (C=O) groups excluding carboxylic acids is 1. The van der Waals surface area contributed by atoms with Crippen LogP contribution in [0.15, 0.2) is 0 Å². The van der Waals surface area contributed by atoms with Crippen molar-refractivity contribution in [3.05, 3.63) is 0 Å². The van der Waals surface area contributed by atoms with Crippen LogP contribution in [0.25, 0.3) is 0 Å². The lowest BCUT2D eigenvalue weighted by Gasteiger charge is -2.19. The summed E-state index contributed by atoms with van der Waals surface area (Å²) in [4.78, 5) is 12.0. The Kier molecular flexibility index (Phi) is 12.5. The molecule has 132 valence electrons. The zero-order chi connectivity index (χ0) is 17.0. The molecule has 0 spiro atoms. The lowest BCUT2D eigenvalue weighted by atomic mass is 10.00. The summed E-state index contributed by atoms with van der Waals surface area (Å²) in [7, 11) is 0. The van der Waals surface area contributed by atoms with Gasteiger partial charge in [-0.2, -0.15) is 0 Å². The van der Waals surface area contributed by atoms with E-state index in [4.69, 9.17) is 19.3 Å². The second kappa shape index (κ2) is 12.9. The first-order valence-electron chi connectivity index (χ1n) is 8.48. The Hall–Kier alpha value is -0.650. The molecule has 0 aromatic rings. The molecular formula is C17H34O5. The standard InChI is InChI=1S/C17H34O5/c1-6-8-9-16(7-2)17(19)22-12-15(5)21-11-14(4)20-10-13(3)18/h13-16,18H,6-12H2,1-5H3. The molecule has 4 atom stereocenters. The van der Waals surface area contributed by atoms with E-state index in [1.807, 2.05) is 20.8 Å². The average Bonchev–Trinajstić information content (AvgIpc) is 2.49. The van der Waals surface area contributed by atoms with Crippen LogP contribution in [0.1, 0.15) is 60.3 Å². The van der Waals surface area contributed by atoms with Crippen LogP contribution in [0.2, 0.25) is 0 Å². The predicted molar refractivity (Wildman–Crippen MR) is 86.8 cm³/mol. The van der Waals surface area contributed by atoms with E-state index in [1.54, 1.807) is 6.92 Å². The van der Waals surface area contributed by atoms with E-state index in [9.17, 15) is 4.79 Å². The first kappa shape index (κ1) is 21.4. The van der Waals surface area contributed by atoms with Gasteiger partial charge < -0.3 is 19.3 Å². The van der Waals surface area contributed by atoms with Crippen LogP contribution in [-0.2, 0) is 19.0 Å². The van der Waals surface area contributed by atoms with Crippen LogP contribution in [-0.4, -0.2) is 49.2 Å². The molecule has 0 aliphatic carbocycles. The van der Waals surface area contributed by atoms with Gasteiger partial charge in [-0.25, -0.2) is 0 Å². The minimum atomic E-state index is -0.477. The van der Waals surface area contributed by atoms with Gasteiger partial charge in [0.25, 0.3) is 0 Å². The maximum Gasteiger partial charge on any atom is 0.309 e. The molecule has 0 aliphatic heterocycles. The SMILES string of the molecule is CCCCC(CC)C(=O)OCC(C)OCC(C)OCC(C)O. The number of unbranched alkanes of at least 4 members (excludes halogenated alkanes) is 1. The second-order valence-electron chi connectivity index (χ2n) is 6.01. The summed E-state index contributed by atoms with van der Waals surface area (Å²) in [5.74, 6) is -0.120. The number of carbonyl (C=O) groups is 1. The molecule has 0 radical (unpaired) electrons. The first-order chi connectivity index (χ1) is 10.4. The minimum absolute atomic E-state index is 0.000416. The summed E-state index contributed by atoms with van der Waals surface area (Å²) < 4.78 is 16.3. The van der Waals surface area contributed by atoms with Gasteiger partial charge in [-0.15, -0.1) is 0 Å². The number of aliphatic hydroxyl groups excluding tert-OH is 1. The molecule has 0 aromatic carbocycles. The van der Waals surface area contributed by atoms with E-state index in [2.05, 4.69) is 6.92 Å². The molecule has 0 aliphatic rings. The van der Waals surface area contributed by atoms with E-state index in [-0.39, 0.29) is 30.7 Å². The highest BCUT2D eigenvalue weighted by Crippen LogP contribution is 2.14. The average molecular weight is 318 g/mol. The van der Waals surface area contributed by atoms with Crippen LogP contribution in [0.3, 0.4) is 0 Å². The molecule has 0 saturated heterocycles. The summed E-state index contributed by atoms with van der Waals surface area (Å²) in [6, 6.07) is 0. The van der Waals surface area contributed by atoms with Gasteiger partial charge in [0, 0.05) is 0 Å². The minimum Gasteiger partial charge on any atom is -0.463 e. The topological polar surface area (TPSA) is 65.0 Å². The highest BCUT2D eigenvalue weighted by molar-refractivity contribution is 5.72. The van der Waals surface area contributed by atoms with Gasteiger partial charge in [-0.1, -0.05) is 26.7 Å². The van der Waals surface area contributed by atoms with Gasteiger partial charge in [0.05, 0.1) is 37.4 Å². The summed E-state index contributed by atoms with van der Waals surface area (Å²) in [6.07, 6.45) is 3.12. The first-order valence-corrected chi connectivity index (χ1v) is 8.48. The normalized spacial score (nSPS) is 16.8. The fourth-order valence-corrected chi connectivity index (χ4v) is 1.96. The Morgan fingerprint density at radius 3 is 2.14 bits per heavy atom. The second-order valence-corrected chi connectivity index (χ2v) is 6.01. The molecule has 0 saturated carbocycles. The number of hydrogen-bond acceptors (Lipinski definition) is 5. The number of rotatable bonds is 13. The smallest absolute Gasteiger partial charge is 0.309 e. The Labute approximate surface area is 135 Å². The summed E-state index contributed by atoms with van der Waals surface area (Å²) in [5.41, 5.74) is 0. The molecule has 0 amide bonds. The van der Waals surface area contributed by atoms with Crippen molar-refractivity contribution in [3.8, 4) is 0 Å². The Bertz CT molecular complexity index is 280. The number of aliphatic hydroxyl groups is 1.